The van der Waals surface area contributed by atoms with Gasteiger partial charge in [0, 0.05) is 11.8 Å². The Morgan fingerprint density at radius 3 is 2.76 bits per heavy atom. The van der Waals surface area contributed by atoms with Crippen LogP contribution in [-0.2, 0) is 0 Å². The summed E-state index contributed by atoms with van der Waals surface area (Å²) in [5, 5.41) is 0. The van der Waals surface area contributed by atoms with Crippen molar-refractivity contribution >= 4 is 40.5 Å². The van der Waals surface area contributed by atoms with Gasteiger partial charge in [-0.15, -0.1) is 11.3 Å². The molecule has 0 bridgehead atoms. The maximum Gasteiger partial charge on any atom is 0.186 e. The molecular weight excluding hydrogens is 274 g/mol. The molecule has 1 rings (SSSR count). The van der Waals surface area contributed by atoms with Gasteiger partial charge in [0.05, 0.1) is 15.8 Å². The fraction of sp³-hybridized carbons (Fsp3) is 0.583. The smallest absolute Gasteiger partial charge is 0.186 e. The van der Waals surface area contributed by atoms with Gasteiger partial charge in [0.2, 0.25) is 0 Å². The fourth-order valence-corrected chi connectivity index (χ4v) is 3.49. The first-order chi connectivity index (χ1) is 8.08. The Bertz CT molecular complexity index is 367. The molecule has 0 fully saturated rings. The third-order valence-electron chi connectivity index (χ3n) is 2.69. The largest absolute Gasteiger partial charge is 0.295 e. The number of rotatable bonds is 7. The van der Waals surface area contributed by atoms with Crippen LogP contribution < -0.4 is 0 Å². The van der Waals surface area contributed by atoms with E-state index in [1.54, 1.807) is 12.1 Å². The van der Waals surface area contributed by atoms with Gasteiger partial charge in [-0.25, -0.2) is 0 Å². The van der Waals surface area contributed by atoms with Gasteiger partial charge in [0.15, 0.2) is 5.78 Å². The van der Waals surface area contributed by atoms with Crippen LogP contribution in [0.15, 0.2) is 12.1 Å². The average Bonchev–Trinajstić information content (AvgIpc) is 2.72. The van der Waals surface area contributed by atoms with Crippen molar-refractivity contribution in [2.45, 2.75) is 19.4 Å². The molecule has 0 spiro atoms. The van der Waals surface area contributed by atoms with Gasteiger partial charge in [0.1, 0.15) is 0 Å². The van der Waals surface area contributed by atoms with Gasteiger partial charge in [-0.2, -0.15) is 11.8 Å². The van der Waals surface area contributed by atoms with Crippen LogP contribution >= 0.6 is 34.7 Å². The average molecular weight is 292 g/mol. The van der Waals surface area contributed by atoms with E-state index in [0.29, 0.717) is 16.9 Å². The van der Waals surface area contributed by atoms with E-state index in [1.807, 2.05) is 18.8 Å². The normalized spacial score (nSPS) is 13.0. The Morgan fingerprint density at radius 1 is 1.59 bits per heavy atom. The Labute approximate surface area is 116 Å². The van der Waals surface area contributed by atoms with E-state index in [4.69, 9.17) is 11.6 Å². The molecule has 0 aromatic carbocycles. The minimum atomic E-state index is 0.156. The van der Waals surface area contributed by atoms with Crippen molar-refractivity contribution in [3.05, 3.63) is 21.3 Å². The van der Waals surface area contributed by atoms with Crippen LogP contribution in [-0.4, -0.2) is 42.3 Å². The van der Waals surface area contributed by atoms with Crippen molar-refractivity contribution in [2.75, 3.05) is 25.6 Å². The lowest BCUT2D eigenvalue weighted by molar-refractivity contribution is 0.0929. The summed E-state index contributed by atoms with van der Waals surface area (Å²) >= 11 is 9.00. The van der Waals surface area contributed by atoms with Crippen LogP contribution in [0.4, 0.5) is 0 Å². The summed E-state index contributed by atoms with van der Waals surface area (Å²) in [6, 6.07) is 4.04. The number of carbonyl (C=O) groups is 1. The zero-order valence-electron chi connectivity index (χ0n) is 10.4. The molecule has 1 aromatic rings. The molecule has 96 valence electrons. The molecule has 1 atom stereocenters. The predicted octanol–water partition coefficient (Wildman–Crippen LogP) is 3.66. The topological polar surface area (TPSA) is 20.3 Å². The maximum atomic E-state index is 12.0. The molecule has 0 aliphatic carbocycles. The number of hydrogen-bond acceptors (Lipinski definition) is 4. The highest BCUT2D eigenvalue weighted by Gasteiger charge is 2.17. The summed E-state index contributed by atoms with van der Waals surface area (Å²) in [6.07, 6.45) is 3.16. The number of halogens is 1. The number of ketones is 1. The molecule has 17 heavy (non-hydrogen) atoms. The first-order valence-electron chi connectivity index (χ1n) is 5.56. The second kappa shape index (κ2) is 7.41. The first-order valence-corrected chi connectivity index (χ1v) is 8.15. The van der Waals surface area contributed by atoms with E-state index in [0.717, 1.165) is 17.1 Å². The summed E-state index contributed by atoms with van der Waals surface area (Å²) in [4.78, 5) is 14.9. The van der Waals surface area contributed by atoms with Gasteiger partial charge in [0.25, 0.3) is 0 Å². The van der Waals surface area contributed by atoms with Crippen molar-refractivity contribution in [2.24, 2.45) is 0 Å². The number of likely N-dealkylation sites (N-methyl/N-ethyl adjacent to an activating group) is 1. The molecule has 0 saturated heterocycles. The summed E-state index contributed by atoms with van der Waals surface area (Å²) in [6.45, 7) is 2.62. The van der Waals surface area contributed by atoms with Crippen LogP contribution in [0.3, 0.4) is 0 Å². The van der Waals surface area contributed by atoms with Gasteiger partial charge >= 0.3 is 0 Å². The first kappa shape index (κ1) is 15.0. The molecule has 0 aliphatic rings. The molecule has 1 heterocycles. The minimum Gasteiger partial charge on any atom is -0.295 e. The van der Waals surface area contributed by atoms with E-state index >= 15 is 0 Å². The minimum absolute atomic E-state index is 0.156. The van der Waals surface area contributed by atoms with Crippen LogP contribution in [0.2, 0.25) is 4.34 Å². The number of nitrogens with zero attached hydrogens (tertiary/aromatic N) is 1. The van der Waals surface area contributed by atoms with Gasteiger partial charge in [-0.1, -0.05) is 18.5 Å². The molecule has 0 radical (unpaired) electrons. The predicted molar refractivity (Wildman–Crippen MR) is 78.8 cm³/mol. The Morgan fingerprint density at radius 2 is 2.29 bits per heavy atom. The van der Waals surface area contributed by atoms with Crippen molar-refractivity contribution in [1.82, 2.24) is 4.90 Å². The molecule has 5 heteroatoms. The molecule has 0 amide bonds. The standard InChI is InChI=1S/C12H18ClNOS2/c1-4-9(8-16-3)14(2)7-10(15)11-5-6-12(13)17-11/h5-6,9H,4,7-8H2,1-3H3. The number of thioether (sulfide) groups is 1. The van der Waals surface area contributed by atoms with E-state index in [1.165, 1.54) is 11.3 Å². The Balaban J connectivity index is 2.55. The number of hydrogen-bond donors (Lipinski definition) is 0. The summed E-state index contributed by atoms with van der Waals surface area (Å²) < 4.78 is 0.673. The SMILES string of the molecule is CCC(CSC)N(C)CC(=O)c1ccc(Cl)s1. The Kier molecular flexibility index (Phi) is 6.55. The van der Waals surface area contributed by atoms with Crippen LogP contribution in [0.25, 0.3) is 0 Å². The van der Waals surface area contributed by atoms with Crippen molar-refractivity contribution in [1.29, 1.82) is 0 Å². The highest BCUT2D eigenvalue weighted by molar-refractivity contribution is 7.98. The maximum absolute atomic E-state index is 12.0. The highest BCUT2D eigenvalue weighted by Crippen LogP contribution is 2.22. The van der Waals surface area contributed by atoms with Crippen LogP contribution in [0.5, 0.6) is 0 Å². The van der Waals surface area contributed by atoms with Crippen molar-refractivity contribution in [3.63, 3.8) is 0 Å². The lowest BCUT2D eigenvalue weighted by atomic mass is 10.2. The number of thiophene rings is 1. The van der Waals surface area contributed by atoms with Crippen LogP contribution in [0.1, 0.15) is 23.0 Å². The van der Waals surface area contributed by atoms with Crippen molar-refractivity contribution in [3.8, 4) is 0 Å². The van der Waals surface area contributed by atoms with E-state index in [2.05, 4.69) is 18.1 Å². The summed E-state index contributed by atoms with van der Waals surface area (Å²) in [5.41, 5.74) is 0. The molecular formula is C12H18ClNOS2. The molecule has 1 unspecified atom stereocenters. The van der Waals surface area contributed by atoms with Gasteiger partial charge in [-0.3, -0.25) is 9.69 Å². The monoisotopic (exact) mass is 291 g/mol. The zero-order chi connectivity index (χ0) is 12.8. The molecule has 1 aromatic heterocycles. The lowest BCUT2D eigenvalue weighted by Gasteiger charge is -2.25. The summed E-state index contributed by atoms with van der Waals surface area (Å²) in [7, 11) is 2.01. The van der Waals surface area contributed by atoms with E-state index in [-0.39, 0.29) is 5.78 Å². The molecule has 2 nitrogen and oxygen atoms in total. The third-order valence-corrected chi connectivity index (χ3v) is 4.68. The highest BCUT2D eigenvalue weighted by atomic mass is 35.5. The second-order valence-electron chi connectivity index (χ2n) is 3.96. The Hall–Kier alpha value is -0.0300. The lowest BCUT2D eigenvalue weighted by Crippen LogP contribution is -2.37. The van der Waals surface area contributed by atoms with Crippen LogP contribution in [0, 0.1) is 0 Å². The van der Waals surface area contributed by atoms with E-state index in [9.17, 15) is 4.79 Å². The number of Topliss-reactive ketones (excluding diaryl/α,β-unsaturated/α-hetero) is 1. The molecule has 0 aliphatic heterocycles. The zero-order valence-corrected chi connectivity index (χ0v) is 12.8. The number of carbonyl (C=O) groups excluding carboxylic acids is 1. The summed E-state index contributed by atoms with van der Waals surface area (Å²) in [5.74, 6) is 1.22. The molecule has 0 N–H and O–H groups in total. The van der Waals surface area contributed by atoms with Gasteiger partial charge in [-0.05, 0) is 31.9 Å². The quantitative estimate of drug-likeness (QED) is 0.715. The second-order valence-corrected chi connectivity index (χ2v) is 6.59. The van der Waals surface area contributed by atoms with E-state index < -0.39 is 0 Å². The fourth-order valence-electron chi connectivity index (χ4n) is 1.65. The van der Waals surface area contributed by atoms with Crippen molar-refractivity contribution < 1.29 is 4.79 Å². The molecule has 0 saturated carbocycles. The van der Waals surface area contributed by atoms with Gasteiger partial charge < -0.3 is 0 Å². The third kappa shape index (κ3) is 4.62.